The Morgan fingerprint density at radius 3 is 0.660 bits per heavy atom. The maximum absolute atomic E-state index is 2.67. The minimum absolute atomic E-state index is 0.383. The van der Waals surface area contributed by atoms with Crippen LogP contribution in [0.1, 0.15) is 650 Å². The summed E-state index contributed by atoms with van der Waals surface area (Å²) in [5.41, 5.74) is 21.2. The molecule has 0 N–H and O–H groups in total. The van der Waals surface area contributed by atoms with Gasteiger partial charge in [-0.3, -0.25) is 0 Å². The number of hydrogen-bond acceptors (Lipinski definition) is 0. The third-order valence-corrected chi connectivity index (χ3v) is 29.7. The fourth-order valence-corrected chi connectivity index (χ4v) is 24.3. The summed E-state index contributed by atoms with van der Waals surface area (Å²) in [6.45, 7) is 142. The van der Waals surface area contributed by atoms with Crippen LogP contribution in [0, 0.1) is 95.7 Å². The molecule has 0 saturated heterocycles. The van der Waals surface area contributed by atoms with E-state index in [4.69, 9.17) is 0 Å². The van der Waals surface area contributed by atoms with Gasteiger partial charge in [-0.2, -0.15) is 0 Å². The molecule has 10 aliphatic rings. The zero-order valence-electron chi connectivity index (χ0n) is 113. The van der Waals surface area contributed by atoms with E-state index < -0.39 is 0 Å². The SMILES string of the molecule is CC.CC.CC.CC.CC.CC.CC.CC.CC.CC.CC.CC.CC.CC.CC.CC.CC.CC.CC.CC.CC.CC.CC.CC.CC.CC.CC.CC.CCc1ccccc1C1C[C@H]2CC3CCCC3[C@@]2(C)[C@@H](C)C1.CCc1ccccc1C1C[C@H]2Cc3ccccc3[C@@]2(C)[C@@H](C)C1.Cc1ccccc1C1C[C@H]2CC3CCCC3[C@@]2(C)[C@@H](C)C1.Cc1ccccc1C1C[C@H]2Cc3ccccc3[C@]2(C)[C@@H](C)C1. The molecule has 16 rings (SSSR count). The maximum Gasteiger partial charge on any atom is -0.00151 e. The lowest BCUT2D eigenvalue weighted by molar-refractivity contribution is 0.0230. The molecule has 6 aromatic carbocycles. The fraction of sp³-hybridized carbons (Fsp3) is 0.750. The average molecular weight is 2020 g/mol. The highest BCUT2D eigenvalue weighted by molar-refractivity contribution is 5.45. The van der Waals surface area contributed by atoms with E-state index in [2.05, 4.69) is 229 Å². The molecule has 860 valence electrons. The van der Waals surface area contributed by atoms with E-state index in [1.165, 1.54) is 133 Å². The van der Waals surface area contributed by atoms with E-state index in [-0.39, 0.29) is 0 Å². The summed E-state index contributed by atoms with van der Waals surface area (Å²) >= 11 is 0. The maximum atomic E-state index is 2.67. The Balaban J connectivity index is -0.0000000930. The molecule has 0 aromatic heterocycles. The molecule has 0 amide bonds. The van der Waals surface area contributed by atoms with Gasteiger partial charge in [-0.25, -0.2) is 0 Å². The van der Waals surface area contributed by atoms with Gasteiger partial charge in [-0.05, 0) is 300 Å². The number of fused-ring (bicyclic) bond motifs is 12. The van der Waals surface area contributed by atoms with Gasteiger partial charge in [-0.1, -0.05) is 628 Å². The van der Waals surface area contributed by atoms with Gasteiger partial charge in [0.2, 0.25) is 0 Å². The quantitative estimate of drug-likeness (QED) is 0.156. The number of rotatable bonds is 6. The Bertz CT molecular complexity index is 3370. The molecule has 0 spiro atoms. The second kappa shape index (κ2) is 120. The van der Waals surface area contributed by atoms with Crippen LogP contribution in [0.25, 0.3) is 0 Å². The van der Waals surface area contributed by atoms with Crippen molar-refractivity contribution in [2.24, 2.45) is 81.8 Å². The molecule has 0 nitrogen and oxygen atoms in total. The second-order valence-corrected chi connectivity index (χ2v) is 33.0. The normalized spacial score (nSPS) is 24.8. The highest BCUT2D eigenvalue weighted by atomic mass is 14.6. The summed E-state index contributed by atoms with van der Waals surface area (Å²) in [5, 5.41) is 0. The zero-order chi connectivity index (χ0) is 117. The molecule has 0 heteroatoms. The Hall–Kier alpha value is -4.68. The Morgan fingerprint density at radius 2 is 0.417 bits per heavy atom. The minimum Gasteiger partial charge on any atom is -0.0683 e. The van der Waals surface area contributed by atoms with E-state index in [0.29, 0.717) is 21.7 Å². The molecule has 0 aliphatic heterocycles. The second-order valence-electron chi connectivity index (χ2n) is 33.0. The minimum atomic E-state index is 0.383. The number of aryl methyl sites for hydroxylation is 4. The van der Waals surface area contributed by atoms with E-state index >= 15 is 0 Å². The summed E-state index contributed by atoms with van der Waals surface area (Å²) in [6.07, 6.45) is 28.2. The van der Waals surface area contributed by atoms with E-state index in [9.17, 15) is 0 Å². The lowest BCUT2D eigenvalue weighted by atomic mass is 9.56. The summed E-state index contributed by atoms with van der Waals surface area (Å²) in [4.78, 5) is 0. The molecule has 8 saturated carbocycles. The molecule has 0 heterocycles. The van der Waals surface area contributed by atoms with Crippen LogP contribution in [-0.2, 0) is 36.5 Å². The van der Waals surface area contributed by atoms with Crippen LogP contribution in [0.3, 0.4) is 0 Å². The van der Waals surface area contributed by atoms with Gasteiger partial charge >= 0.3 is 0 Å². The monoisotopic (exact) mass is 2010 g/mol. The lowest BCUT2D eigenvalue weighted by Crippen LogP contribution is -2.41. The van der Waals surface area contributed by atoms with Crippen LogP contribution < -0.4 is 0 Å². The van der Waals surface area contributed by atoms with Gasteiger partial charge < -0.3 is 0 Å². The Morgan fingerprint density at radius 1 is 0.215 bits per heavy atom. The van der Waals surface area contributed by atoms with Crippen LogP contribution in [0.4, 0.5) is 0 Å². The summed E-state index contributed by atoms with van der Waals surface area (Å²) < 4.78 is 0. The first-order valence-corrected chi connectivity index (χ1v) is 64.9. The molecule has 8 fully saturated rings. The highest BCUT2D eigenvalue weighted by Gasteiger charge is 2.60. The summed E-state index contributed by atoms with van der Waals surface area (Å²) in [5.74, 6) is 14.2. The van der Waals surface area contributed by atoms with Crippen molar-refractivity contribution in [1.29, 1.82) is 0 Å². The topological polar surface area (TPSA) is 0 Å². The largest absolute Gasteiger partial charge is 0.0683 e. The van der Waals surface area contributed by atoms with Crippen molar-refractivity contribution in [3.63, 3.8) is 0 Å². The van der Waals surface area contributed by atoms with Gasteiger partial charge in [0, 0.05) is 0 Å². The predicted octanol–water partition coefficient (Wildman–Crippen LogP) is 52.4. The van der Waals surface area contributed by atoms with Crippen LogP contribution in [0.15, 0.2) is 146 Å². The van der Waals surface area contributed by atoms with Gasteiger partial charge in [0.15, 0.2) is 0 Å². The third-order valence-electron chi connectivity index (χ3n) is 29.7. The first kappa shape index (κ1) is 175. The molecule has 6 aromatic rings. The van der Waals surface area contributed by atoms with Crippen molar-refractivity contribution >= 4 is 0 Å². The van der Waals surface area contributed by atoms with Crippen molar-refractivity contribution < 1.29 is 0 Å². The zero-order valence-corrected chi connectivity index (χ0v) is 113. The molecule has 8 unspecified atom stereocenters. The van der Waals surface area contributed by atoms with Crippen molar-refractivity contribution in [3.05, 3.63) is 212 Å². The van der Waals surface area contributed by atoms with Crippen molar-refractivity contribution in [2.75, 3.05) is 0 Å². The average Bonchev–Trinajstić information content (AvgIpc) is 1.59. The van der Waals surface area contributed by atoms with Gasteiger partial charge in [0.25, 0.3) is 0 Å². The van der Waals surface area contributed by atoms with Crippen LogP contribution in [0.5, 0.6) is 0 Å². The fourth-order valence-electron chi connectivity index (χ4n) is 24.3. The van der Waals surface area contributed by atoms with Crippen molar-refractivity contribution in [2.45, 2.75) is 634 Å². The first-order chi connectivity index (χ1) is 70.5. The van der Waals surface area contributed by atoms with Gasteiger partial charge in [-0.15, -0.1) is 0 Å². The molecule has 20 atom stereocenters. The molecule has 10 aliphatic carbocycles. The van der Waals surface area contributed by atoms with Gasteiger partial charge in [0.1, 0.15) is 0 Å². The number of hydrogen-bond donors (Lipinski definition) is 0. The van der Waals surface area contributed by atoms with Crippen LogP contribution in [-0.4, -0.2) is 0 Å². The summed E-state index contributed by atoms with van der Waals surface area (Å²) in [6, 6.07) is 54.9. The first-order valence-electron chi connectivity index (χ1n) is 64.9. The van der Waals surface area contributed by atoms with E-state index in [1.54, 1.807) is 55.6 Å². The molecule has 0 bridgehead atoms. The molecular formula is C144H284. The standard InChI is InChI=1S/C23H28.C22H26.C22H32.C21H30.28C2H6/c1-4-17-9-5-7-11-21(17)19-13-16(2)23(3)20(15-19)14-18-10-6-8-12-22(18)23;1-15-8-4-6-10-20(15)18-12-16(2)22(3)19(14-18)13-17-9-5-7-11-21(17)22;1-4-16-8-5-6-10-20(16)18-12-15(2)22(3)19(14-18)13-17-9-7-11-21(17)22;1-14-7-4-5-9-19(14)17-11-15(2)21(3)18(13-17)12-16-8-6-10-20(16)21;28*1-2/h5-12,16,19-20H,4,13-15H2,1-3H3;4-11,16,18-19H,12-14H2,1-3H3;5-6,8,10,15,17-19,21H,4,7,9,11-14H2,1-3H3;4-5,7,9,15-18,20H,6,8,10-13H2,1-3H3;28*1-2H3/t16-,19?,20+,23-;16-,18?,19+,22+;15-,17?,18?,19+,21?,22-;15-,16?,17?,18+,20?,21-;;;;;;;;;;;;;;;;;;;;;;;;;;;;/m0000............................/s1. The lowest BCUT2D eigenvalue weighted by Gasteiger charge is -2.49. The highest BCUT2D eigenvalue weighted by Crippen LogP contribution is 2.69. The van der Waals surface area contributed by atoms with E-state index in [1.807, 2.05) is 388 Å². The summed E-state index contributed by atoms with van der Waals surface area (Å²) in [7, 11) is 0. The molecular weight excluding hydrogens is 1730 g/mol. The van der Waals surface area contributed by atoms with Crippen LogP contribution >= 0.6 is 0 Å². The predicted molar refractivity (Wildman–Crippen MR) is 692 cm³/mol. The van der Waals surface area contributed by atoms with E-state index in [0.717, 1.165) is 101 Å². The van der Waals surface area contributed by atoms with Crippen molar-refractivity contribution in [1.82, 2.24) is 0 Å². The Labute approximate surface area is 921 Å². The smallest absolute Gasteiger partial charge is 0.00151 e. The van der Waals surface area contributed by atoms with Crippen molar-refractivity contribution in [3.8, 4) is 0 Å². The van der Waals surface area contributed by atoms with Crippen LogP contribution in [0.2, 0.25) is 0 Å². The number of benzene rings is 6. The Kier molecular flexibility index (Phi) is 146. The molecule has 144 heavy (non-hydrogen) atoms. The van der Waals surface area contributed by atoms with Gasteiger partial charge in [0.05, 0.1) is 0 Å². The molecule has 0 radical (unpaired) electrons. The third kappa shape index (κ3) is 52.1.